The van der Waals surface area contributed by atoms with E-state index in [0.29, 0.717) is 17.1 Å². The van der Waals surface area contributed by atoms with Gasteiger partial charge in [-0.1, -0.05) is 26.0 Å². The topological polar surface area (TPSA) is 17.1 Å². The van der Waals surface area contributed by atoms with Crippen LogP contribution in [0.15, 0.2) is 12.2 Å². The normalized spacial score (nSPS) is 41.2. The molecule has 0 aromatic heterocycles. The highest BCUT2D eigenvalue weighted by Crippen LogP contribution is 2.50. The van der Waals surface area contributed by atoms with Gasteiger partial charge in [0.25, 0.3) is 0 Å². The number of hydrogen-bond acceptors (Lipinski definition) is 1. The van der Waals surface area contributed by atoms with Gasteiger partial charge >= 0.3 is 0 Å². The van der Waals surface area contributed by atoms with Crippen LogP contribution in [0.3, 0.4) is 0 Å². The van der Waals surface area contributed by atoms with Crippen LogP contribution in [0.25, 0.3) is 0 Å². The predicted molar refractivity (Wildman–Crippen MR) is 39.5 cm³/mol. The van der Waals surface area contributed by atoms with Crippen molar-refractivity contribution in [3.8, 4) is 0 Å². The lowest BCUT2D eigenvalue weighted by atomic mass is 9.65. The molecule has 0 aromatic carbocycles. The Kier molecular flexibility index (Phi) is 0.936. The zero-order valence-corrected chi connectivity index (χ0v) is 6.42. The summed E-state index contributed by atoms with van der Waals surface area (Å²) in [5.74, 6) is 1.35. The number of hydrogen-bond donors (Lipinski definition) is 0. The smallest absolute Gasteiger partial charge is 0.140 e. The van der Waals surface area contributed by atoms with Gasteiger partial charge in [0.15, 0.2) is 0 Å². The first kappa shape index (κ1) is 6.14. The monoisotopic (exact) mass is 136 g/mol. The molecule has 0 radical (unpaired) electrons. The lowest BCUT2D eigenvalue weighted by molar-refractivity contribution is -0.133. The van der Waals surface area contributed by atoms with Crippen LogP contribution in [0.2, 0.25) is 0 Å². The van der Waals surface area contributed by atoms with Gasteiger partial charge in [0.1, 0.15) is 5.78 Å². The zero-order chi connectivity index (χ0) is 7.35. The van der Waals surface area contributed by atoms with Crippen molar-refractivity contribution >= 4 is 5.78 Å². The largest absolute Gasteiger partial charge is 0.299 e. The third-order valence-corrected chi connectivity index (χ3v) is 2.92. The second kappa shape index (κ2) is 1.52. The van der Waals surface area contributed by atoms with Gasteiger partial charge in [-0.25, -0.2) is 0 Å². The van der Waals surface area contributed by atoms with Crippen molar-refractivity contribution in [3.05, 3.63) is 12.2 Å². The van der Waals surface area contributed by atoms with E-state index in [1.807, 2.05) is 0 Å². The van der Waals surface area contributed by atoms with Gasteiger partial charge in [0.05, 0.1) is 0 Å². The lowest BCUT2D eigenvalue weighted by Crippen LogP contribution is -2.39. The van der Waals surface area contributed by atoms with Gasteiger partial charge in [-0.3, -0.25) is 4.79 Å². The summed E-state index contributed by atoms with van der Waals surface area (Å²) >= 11 is 0. The summed E-state index contributed by atoms with van der Waals surface area (Å²) in [5, 5.41) is 0. The molecule has 10 heavy (non-hydrogen) atoms. The molecule has 0 unspecified atom stereocenters. The van der Waals surface area contributed by atoms with Crippen LogP contribution in [0.1, 0.15) is 20.3 Å². The number of rotatable bonds is 0. The van der Waals surface area contributed by atoms with Crippen LogP contribution in [0.4, 0.5) is 0 Å². The van der Waals surface area contributed by atoms with Crippen LogP contribution in [-0.2, 0) is 4.79 Å². The van der Waals surface area contributed by atoms with Crippen molar-refractivity contribution in [1.29, 1.82) is 0 Å². The Morgan fingerprint density at radius 1 is 1.60 bits per heavy atom. The zero-order valence-electron chi connectivity index (χ0n) is 6.42. The minimum absolute atomic E-state index is 0.287. The van der Waals surface area contributed by atoms with E-state index in [1.165, 1.54) is 0 Å². The summed E-state index contributed by atoms with van der Waals surface area (Å²) in [4.78, 5) is 10.9. The SMILES string of the molecule is CC1(C)C=C[C@@H]2C(=O)C[C@@H]21. The van der Waals surface area contributed by atoms with Crippen LogP contribution in [-0.4, -0.2) is 5.78 Å². The summed E-state index contributed by atoms with van der Waals surface area (Å²) in [7, 11) is 0. The molecule has 0 aliphatic heterocycles. The second-order valence-corrected chi connectivity index (χ2v) is 3.98. The molecule has 2 atom stereocenters. The standard InChI is InChI=1S/C9H12O/c1-9(2)4-3-6-7(9)5-8(6)10/h3-4,6-7H,5H2,1-2H3/t6-,7-/m0/s1. The Morgan fingerprint density at radius 3 is 2.70 bits per heavy atom. The molecule has 54 valence electrons. The van der Waals surface area contributed by atoms with Crippen LogP contribution >= 0.6 is 0 Å². The molecule has 0 amide bonds. The number of carbonyl (C=O) groups excluding carboxylic acids is 1. The highest BCUT2D eigenvalue weighted by Gasteiger charge is 2.49. The van der Waals surface area contributed by atoms with Crippen molar-refractivity contribution in [2.75, 3.05) is 0 Å². The van der Waals surface area contributed by atoms with Crippen LogP contribution in [0, 0.1) is 17.3 Å². The third-order valence-electron chi connectivity index (χ3n) is 2.92. The molecule has 2 aliphatic carbocycles. The van der Waals surface area contributed by atoms with Crippen molar-refractivity contribution < 1.29 is 4.79 Å². The fourth-order valence-corrected chi connectivity index (χ4v) is 1.99. The van der Waals surface area contributed by atoms with Gasteiger partial charge in [0, 0.05) is 12.3 Å². The summed E-state index contributed by atoms with van der Waals surface area (Å²) in [6, 6.07) is 0. The Morgan fingerprint density at radius 2 is 2.30 bits per heavy atom. The van der Waals surface area contributed by atoms with E-state index in [9.17, 15) is 4.79 Å². The Bertz CT molecular complexity index is 213. The molecule has 0 aromatic rings. The average molecular weight is 136 g/mol. The van der Waals surface area contributed by atoms with Gasteiger partial charge in [-0.15, -0.1) is 0 Å². The second-order valence-electron chi connectivity index (χ2n) is 3.98. The number of allylic oxidation sites excluding steroid dienone is 2. The molecule has 0 heterocycles. The maximum atomic E-state index is 10.9. The molecule has 0 bridgehead atoms. The molecular formula is C9H12O. The molecule has 1 fully saturated rings. The molecule has 2 aliphatic rings. The summed E-state index contributed by atoms with van der Waals surface area (Å²) < 4.78 is 0. The highest BCUT2D eigenvalue weighted by molar-refractivity contribution is 5.90. The van der Waals surface area contributed by atoms with E-state index >= 15 is 0 Å². The molecule has 0 saturated heterocycles. The maximum Gasteiger partial charge on any atom is 0.140 e. The van der Waals surface area contributed by atoms with E-state index < -0.39 is 0 Å². The Balaban J connectivity index is 2.26. The number of ketones is 1. The summed E-state index contributed by atoms with van der Waals surface area (Å²) in [5.41, 5.74) is 0.290. The van der Waals surface area contributed by atoms with Crippen molar-refractivity contribution in [2.45, 2.75) is 20.3 Å². The molecular weight excluding hydrogens is 124 g/mol. The average Bonchev–Trinajstić information content (AvgIpc) is 2.03. The first-order valence-electron chi connectivity index (χ1n) is 3.83. The first-order chi connectivity index (χ1) is 4.61. The van der Waals surface area contributed by atoms with Gasteiger partial charge < -0.3 is 0 Å². The molecule has 2 rings (SSSR count). The van der Waals surface area contributed by atoms with E-state index in [-0.39, 0.29) is 5.92 Å². The van der Waals surface area contributed by atoms with E-state index in [2.05, 4.69) is 26.0 Å². The van der Waals surface area contributed by atoms with Crippen molar-refractivity contribution in [2.24, 2.45) is 17.3 Å². The van der Waals surface area contributed by atoms with Gasteiger partial charge in [0.2, 0.25) is 0 Å². The van der Waals surface area contributed by atoms with Gasteiger partial charge in [-0.05, 0) is 11.3 Å². The Labute approximate surface area is 61.1 Å². The number of fused-ring (bicyclic) bond motifs is 1. The van der Waals surface area contributed by atoms with E-state index in [4.69, 9.17) is 0 Å². The van der Waals surface area contributed by atoms with E-state index in [0.717, 1.165) is 6.42 Å². The molecule has 0 N–H and O–H groups in total. The highest BCUT2D eigenvalue weighted by atomic mass is 16.1. The fourth-order valence-electron chi connectivity index (χ4n) is 1.99. The molecule has 0 spiro atoms. The number of carbonyl (C=O) groups is 1. The van der Waals surface area contributed by atoms with Crippen molar-refractivity contribution in [3.63, 3.8) is 0 Å². The molecule has 1 heteroatoms. The quantitative estimate of drug-likeness (QED) is 0.464. The maximum absolute atomic E-state index is 10.9. The third kappa shape index (κ3) is 0.556. The lowest BCUT2D eigenvalue weighted by Gasteiger charge is -2.37. The van der Waals surface area contributed by atoms with Crippen LogP contribution in [0.5, 0.6) is 0 Å². The minimum Gasteiger partial charge on any atom is -0.299 e. The molecule has 1 nitrogen and oxygen atoms in total. The fraction of sp³-hybridized carbons (Fsp3) is 0.667. The van der Waals surface area contributed by atoms with Crippen LogP contribution < -0.4 is 0 Å². The van der Waals surface area contributed by atoms with E-state index in [1.54, 1.807) is 0 Å². The van der Waals surface area contributed by atoms with Crippen molar-refractivity contribution in [1.82, 2.24) is 0 Å². The summed E-state index contributed by atoms with van der Waals surface area (Å²) in [6.07, 6.45) is 5.08. The summed E-state index contributed by atoms with van der Waals surface area (Å²) in [6.45, 7) is 4.42. The Hall–Kier alpha value is -0.590. The first-order valence-corrected chi connectivity index (χ1v) is 3.83. The van der Waals surface area contributed by atoms with Gasteiger partial charge in [-0.2, -0.15) is 0 Å². The predicted octanol–water partition coefficient (Wildman–Crippen LogP) is 1.79. The molecule has 1 saturated carbocycles. The minimum atomic E-state index is 0.287. The number of Topliss-reactive ketones (excluding diaryl/α,β-unsaturated/α-hetero) is 1.